The lowest BCUT2D eigenvalue weighted by molar-refractivity contribution is 0.574. The highest BCUT2D eigenvalue weighted by Crippen LogP contribution is 2.13. The molecule has 0 fully saturated rings. The van der Waals surface area contributed by atoms with Gasteiger partial charge in [0.1, 0.15) is 5.82 Å². The van der Waals surface area contributed by atoms with Gasteiger partial charge in [0.05, 0.1) is 5.69 Å². The number of nitrogens with one attached hydrogen (secondary N) is 1. The molecule has 7 heteroatoms. The summed E-state index contributed by atoms with van der Waals surface area (Å²) >= 11 is 0. The van der Waals surface area contributed by atoms with Gasteiger partial charge in [-0.3, -0.25) is 0 Å². The summed E-state index contributed by atoms with van der Waals surface area (Å²) in [7, 11) is -3.78. The van der Waals surface area contributed by atoms with E-state index < -0.39 is 10.0 Å². The predicted octanol–water partition coefficient (Wildman–Crippen LogP) is 1.32. The molecular weight excluding hydrogens is 281 g/mol. The van der Waals surface area contributed by atoms with Gasteiger partial charge in [0, 0.05) is 12.7 Å². The normalized spacial score (nSPS) is 11.4. The summed E-state index contributed by atoms with van der Waals surface area (Å²) in [6.07, 6.45) is 1.60. The Labute approximate surface area is 116 Å². The number of rotatable bonds is 5. The molecule has 0 saturated heterocycles. The lowest BCUT2D eigenvalue weighted by Gasteiger charge is -2.08. The Hall–Kier alpha value is -1.99. The van der Waals surface area contributed by atoms with Gasteiger partial charge >= 0.3 is 0 Å². The van der Waals surface area contributed by atoms with Crippen LogP contribution in [-0.2, 0) is 16.4 Å². The first-order chi connectivity index (χ1) is 9.50. The number of anilines is 1. The van der Waals surface area contributed by atoms with Gasteiger partial charge in [-0.2, -0.15) is 0 Å². The molecule has 0 amide bonds. The van der Waals surface area contributed by atoms with Gasteiger partial charge in [0.15, 0.2) is 5.03 Å². The summed E-state index contributed by atoms with van der Waals surface area (Å²) in [5, 5.41) is -0.214. The molecule has 1 heterocycles. The van der Waals surface area contributed by atoms with Crippen molar-refractivity contribution in [3.05, 3.63) is 54.0 Å². The summed E-state index contributed by atoms with van der Waals surface area (Å²) in [4.78, 5) is 3.74. The van der Waals surface area contributed by atoms with E-state index >= 15 is 0 Å². The number of pyridine rings is 1. The molecule has 0 atom stereocenters. The van der Waals surface area contributed by atoms with Crippen molar-refractivity contribution in [2.75, 3.05) is 12.3 Å². The van der Waals surface area contributed by atoms with Crippen LogP contribution in [0.5, 0.6) is 0 Å². The minimum atomic E-state index is -3.78. The van der Waals surface area contributed by atoms with Gasteiger partial charge in [-0.05, 0) is 30.2 Å². The maximum atomic E-state index is 13.4. The van der Waals surface area contributed by atoms with E-state index in [0.717, 1.165) is 0 Å². The van der Waals surface area contributed by atoms with E-state index in [1.165, 1.54) is 18.3 Å². The summed E-state index contributed by atoms with van der Waals surface area (Å²) in [6, 6.07) is 9.23. The Bertz CT molecular complexity index is 704. The maximum absolute atomic E-state index is 13.4. The second-order valence-electron chi connectivity index (χ2n) is 4.14. The molecule has 3 N–H and O–H groups in total. The molecule has 2 aromatic rings. The average molecular weight is 295 g/mol. The quantitative estimate of drug-likeness (QED) is 0.871. The molecule has 0 spiro atoms. The van der Waals surface area contributed by atoms with E-state index in [0.29, 0.717) is 5.56 Å². The van der Waals surface area contributed by atoms with Crippen LogP contribution in [0, 0.1) is 5.82 Å². The monoisotopic (exact) mass is 295 g/mol. The molecule has 1 aromatic carbocycles. The van der Waals surface area contributed by atoms with Crippen molar-refractivity contribution in [3.8, 4) is 0 Å². The van der Waals surface area contributed by atoms with Gasteiger partial charge in [-0.1, -0.05) is 18.2 Å². The maximum Gasteiger partial charge on any atom is 0.260 e. The van der Waals surface area contributed by atoms with Crippen LogP contribution in [0.4, 0.5) is 10.1 Å². The fourth-order valence-corrected chi connectivity index (χ4v) is 2.80. The van der Waals surface area contributed by atoms with E-state index in [2.05, 4.69) is 9.71 Å². The SMILES string of the molecule is Nc1cccnc1S(=O)(=O)NCCc1ccccc1F. The molecule has 5 nitrogen and oxygen atoms in total. The molecule has 0 aliphatic rings. The lowest BCUT2D eigenvalue weighted by atomic mass is 10.1. The number of halogens is 1. The molecule has 0 aliphatic heterocycles. The summed E-state index contributed by atoms with van der Waals surface area (Å²) in [5.74, 6) is -0.357. The van der Waals surface area contributed by atoms with Crippen molar-refractivity contribution in [1.29, 1.82) is 0 Å². The zero-order chi connectivity index (χ0) is 14.6. The summed E-state index contributed by atoms with van der Waals surface area (Å²) in [5.41, 5.74) is 6.10. The largest absolute Gasteiger partial charge is 0.396 e. The molecule has 0 aliphatic carbocycles. The first-order valence-electron chi connectivity index (χ1n) is 5.94. The van der Waals surface area contributed by atoms with Crippen molar-refractivity contribution in [2.24, 2.45) is 0 Å². The van der Waals surface area contributed by atoms with E-state index in [-0.39, 0.29) is 29.5 Å². The van der Waals surface area contributed by atoms with Crippen LogP contribution in [-0.4, -0.2) is 19.9 Å². The van der Waals surface area contributed by atoms with E-state index in [4.69, 9.17) is 5.73 Å². The van der Waals surface area contributed by atoms with Crippen LogP contribution in [0.1, 0.15) is 5.56 Å². The van der Waals surface area contributed by atoms with Crippen molar-refractivity contribution < 1.29 is 12.8 Å². The van der Waals surface area contributed by atoms with Crippen molar-refractivity contribution in [3.63, 3.8) is 0 Å². The predicted molar refractivity (Wildman–Crippen MR) is 73.9 cm³/mol. The molecule has 1 aromatic heterocycles. The van der Waals surface area contributed by atoms with Crippen LogP contribution in [0.2, 0.25) is 0 Å². The highest BCUT2D eigenvalue weighted by atomic mass is 32.2. The van der Waals surface area contributed by atoms with Gasteiger partial charge in [-0.25, -0.2) is 22.5 Å². The third kappa shape index (κ3) is 3.31. The molecule has 2 rings (SSSR count). The average Bonchev–Trinajstić information content (AvgIpc) is 2.41. The summed E-state index contributed by atoms with van der Waals surface area (Å²) < 4.78 is 39.7. The Morgan fingerprint density at radius 3 is 2.65 bits per heavy atom. The number of aromatic nitrogens is 1. The fourth-order valence-electron chi connectivity index (χ4n) is 1.72. The minimum Gasteiger partial charge on any atom is -0.396 e. The third-order valence-electron chi connectivity index (χ3n) is 2.70. The van der Waals surface area contributed by atoms with E-state index in [1.54, 1.807) is 24.3 Å². The van der Waals surface area contributed by atoms with Gasteiger partial charge in [0.2, 0.25) is 0 Å². The zero-order valence-electron chi connectivity index (χ0n) is 10.6. The Morgan fingerprint density at radius 2 is 1.95 bits per heavy atom. The van der Waals surface area contributed by atoms with Crippen LogP contribution in [0.25, 0.3) is 0 Å². The highest BCUT2D eigenvalue weighted by Gasteiger charge is 2.18. The van der Waals surface area contributed by atoms with Crippen LogP contribution in [0.15, 0.2) is 47.6 Å². The van der Waals surface area contributed by atoms with E-state index in [9.17, 15) is 12.8 Å². The van der Waals surface area contributed by atoms with E-state index in [1.807, 2.05) is 0 Å². The van der Waals surface area contributed by atoms with Gasteiger partial charge in [0.25, 0.3) is 10.0 Å². The van der Waals surface area contributed by atoms with Gasteiger partial charge < -0.3 is 5.73 Å². The lowest BCUT2D eigenvalue weighted by Crippen LogP contribution is -2.27. The summed E-state index contributed by atoms with van der Waals surface area (Å²) in [6.45, 7) is 0.0687. The van der Waals surface area contributed by atoms with Crippen LogP contribution in [0.3, 0.4) is 0 Å². The molecule has 0 bridgehead atoms. The third-order valence-corrected chi connectivity index (χ3v) is 4.13. The molecule has 0 radical (unpaired) electrons. The molecule has 0 unspecified atom stereocenters. The Balaban J connectivity index is 2.04. The van der Waals surface area contributed by atoms with Crippen molar-refractivity contribution in [2.45, 2.75) is 11.4 Å². The second-order valence-corrected chi connectivity index (χ2v) is 5.82. The standard InChI is InChI=1S/C13H14FN3O2S/c14-11-5-2-1-4-10(11)7-9-17-20(18,19)13-12(15)6-3-8-16-13/h1-6,8,17H,7,9,15H2. The van der Waals surface area contributed by atoms with Crippen LogP contribution < -0.4 is 10.5 Å². The Kier molecular flexibility index (Phi) is 4.31. The number of benzene rings is 1. The number of nitrogen functional groups attached to an aromatic ring is 1. The highest BCUT2D eigenvalue weighted by molar-refractivity contribution is 7.89. The van der Waals surface area contributed by atoms with Crippen molar-refractivity contribution in [1.82, 2.24) is 9.71 Å². The fraction of sp³-hybridized carbons (Fsp3) is 0.154. The number of hydrogen-bond acceptors (Lipinski definition) is 4. The number of hydrogen-bond donors (Lipinski definition) is 2. The van der Waals surface area contributed by atoms with Crippen molar-refractivity contribution >= 4 is 15.7 Å². The topological polar surface area (TPSA) is 85.1 Å². The van der Waals surface area contributed by atoms with Crippen LogP contribution >= 0.6 is 0 Å². The smallest absolute Gasteiger partial charge is 0.260 e. The number of sulfonamides is 1. The first-order valence-corrected chi connectivity index (χ1v) is 7.42. The Morgan fingerprint density at radius 1 is 1.20 bits per heavy atom. The minimum absolute atomic E-state index is 0.0687. The second kappa shape index (κ2) is 5.98. The van der Waals surface area contributed by atoms with Gasteiger partial charge in [-0.15, -0.1) is 0 Å². The molecule has 106 valence electrons. The molecule has 20 heavy (non-hydrogen) atoms. The molecular formula is C13H14FN3O2S. The number of nitrogens with zero attached hydrogens (tertiary/aromatic N) is 1. The zero-order valence-corrected chi connectivity index (χ0v) is 11.4. The number of nitrogens with two attached hydrogens (primary N) is 1. The molecule has 0 saturated carbocycles. The first kappa shape index (κ1) is 14.4.